The average molecular weight is 1480 g/mol. The predicted molar refractivity (Wildman–Crippen MR) is 401 cm³/mol. The van der Waals surface area contributed by atoms with Gasteiger partial charge < -0.3 is 75.6 Å². The van der Waals surface area contributed by atoms with Crippen molar-refractivity contribution >= 4 is 76.8 Å². The molecule has 4 fully saturated rings. The highest BCUT2D eigenvalue weighted by Crippen LogP contribution is 2.32. The van der Waals surface area contributed by atoms with Gasteiger partial charge in [-0.2, -0.15) is 0 Å². The van der Waals surface area contributed by atoms with E-state index >= 15 is 52.7 Å². The van der Waals surface area contributed by atoms with E-state index in [1.165, 1.54) is 78.6 Å². The molecule has 2 aliphatic carbocycles. The van der Waals surface area contributed by atoms with Crippen LogP contribution in [0.1, 0.15) is 224 Å². The number of carbonyl (C=O) groups is 13. The van der Waals surface area contributed by atoms with Crippen LogP contribution in [0.2, 0.25) is 0 Å². The molecule has 0 unspecified atom stereocenters. The van der Waals surface area contributed by atoms with E-state index in [0.29, 0.717) is 45.2 Å². The summed E-state index contributed by atoms with van der Waals surface area (Å²) in [5, 5.41) is 25.4. The number of hydrogen-bond donors (Lipinski definition) is 6. The highest BCUT2D eigenvalue weighted by molar-refractivity contribution is 6.00. The van der Waals surface area contributed by atoms with Crippen molar-refractivity contribution in [3.63, 3.8) is 0 Å². The average Bonchev–Trinajstić information content (AvgIpc) is 0.803. The lowest BCUT2D eigenvalue weighted by Gasteiger charge is -2.39. The third kappa shape index (κ3) is 28.3. The molecule has 2 aliphatic heterocycles. The molecule has 6 N–H and O–H groups in total. The Labute approximate surface area is 626 Å². The van der Waals surface area contributed by atoms with Crippen molar-refractivity contribution < 1.29 is 72.2 Å². The number of nitrogens with one attached hydrogen (secondary N) is 5. The number of amides is 13. The van der Waals surface area contributed by atoms with Gasteiger partial charge in [0, 0.05) is 68.5 Å². The molecule has 10 atom stereocenters. The summed E-state index contributed by atoms with van der Waals surface area (Å²) in [6, 6.07) is -12.1. The molecule has 0 aromatic rings. The molecule has 4 aliphatic rings. The highest BCUT2D eigenvalue weighted by atomic mass is 16.5. The largest absolute Gasteiger partial charge is 0.391 e. The van der Waals surface area contributed by atoms with E-state index in [1.807, 2.05) is 62.3 Å². The summed E-state index contributed by atoms with van der Waals surface area (Å²) in [6.07, 6.45) is 10.8. The van der Waals surface area contributed by atoms with E-state index in [4.69, 9.17) is 4.74 Å². The maximum Gasteiger partial charge on any atom is 0.248 e. The summed E-state index contributed by atoms with van der Waals surface area (Å²) in [4.78, 5) is 205. The number of unbranched alkanes of at least 4 members (excludes halogenated alkanes) is 1. The van der Waals surface area contributed by atoms with Gasteiger partial charge in [0.15, 0.2) is 0 Å². The molecule has 0 radical (unpaired) electrons. The van der Waals surface area contributed by atoms with Crippen LogP contribution < -0.4 is 26.6 Å². The third-order valence-electron chi connectivity index (χ3n) is 21.3. The van der Waals surface area contributed by atoms with E-state index in [-0.39, 0.29) is 87.1 Å². The molecular weight excluding hydrogens is 1350 g/mol. The van der Waals surface area contributed by atoms with Crippen LogP contribution in [0.15, 0.2) is 0 Å². The first kappa shape index (κ1) is 90.4. The predicted octanol–water partition coefficient (Wildman–Crippen LogP) is 4.61. The number of piperidine rings is 1. The number of nitrogens with zero attached hydrogens (tertiary/aromatic N) is 8. The van der Waals surface area contributed by atoms with E-state index in [9.17, 15) is 14.7 Å². The Morgan fingerprint density at radius 2 is 0.905 bits per heavy atom. The lowest BCUT2D eigenvalue weighted by Crippen LogP contribution is -2.62. The lowest BCUT2D eigenvalue weighted by molar-refractivity contribution is -0.152. The number of likely N-dealkylation sites (N-methyl/N-ethyl adjacent to an activating group) is 6. The molecule has 2 heterocycles. The monoisotopic (exact) mass is 1480 g/mol. The quantitative estimate of drug-likeness (QED) is 0.0814. The summed E-state index contributed by atoms with van der Waals surface area (Å²) in [6.45, 7) is 18.5. The molecule has 28 nitrogen and oxygen atoms in total. The van der Waals surface area contributed by atoms with Crippen LogP contribution in [0.3, 0.4) is 0 Å². The molecule has 0 bridgehead atoms. The van der Waals surface area contributed by atoms with Crippen LogP contribution in [0, 0.1) is 35.5 Å². The Morgan fingerprint density at radius 1 is 0.476 bits per heavy atom. The smallest absolute Gasteiger partial charge is 0.248 e. The van der Waals surface area contributed by atoms with Gasteiger partial charge in [-0.3, -0.25) is 62.3 Å². The van der Waals surface area contributed by atoms with E-state index < -0.39 is 170 Å². The first-order chi connectivity index (χ1) is 49.6. The number of ether oxygens (including phenoxy) is 1. The normalized spacial score (nSPS) is 25.8. The summed E-state index contributed by atoms with van der Waals surface area (Å²) >= 11 is 0. The van der Waals surface area contributed by atoms with Crippen LogP contribution in [-0.4, -0.2) is 276 Å². The van der Waals surface area contributed by atoms with Crippen LogP contribution in [-0.2, 0) is 67.1 Å². The van der Waals surface area contributed by atoms with Gasteiger partial charge in [0.1, 0.15) is 61.0 Å². The van der Waals surface area contributed by atoms with Gasteiger partial charge in [-0.05, 0) is 113 Å². The van der Waals surface area contributed by atoms with Crippen molar-refractivity contribution in [3.05, 3.63) is 0 Å². The SMILES string of the molecule is CCCCN1CC(=O)N(C)[C@@H](CC2CCCCC2)C(=O)N[C@@H](COCC(=O)NC)C(=O)N(C)[C@@H](CC(C)C)C(=O)N[C@@H]([C@@H](C)O)C(=O)N(CCC)CC(=O)N(C)[C@@H](CC2CCCCC2)C(=O)N(C)[C@@H](CC(C)C)C(=O)N[C@@H](CC(C)C)C(=O)N(C)[C@@H](CC(C)C)C(=O)N[C@H](C(=O)N2CCCCC2)CC1=O. The number of likely N-dealkylation sites (tertiary alicyclic amines) is 1. The van der Waals surface area contributed by atoms with E-state index in [1.54, 1.807) is 11.8 Å². The van der Waals surface area contributed by atoms with Crippen molar-refractivity contribution in [2.75, 3.05) is 94.8 Å². The van der Waals surface area contributed by atoms with Gasteiger partial charge in [-0.15, -0.1) is 0 Å². The highest BCUT2D eigenvalue weighted by Gasteiger charge is 2.44. The van der Waals surface area contributed by atoms with Gasteiger partial charge in [-0.25, -0.2) is 0 Å². The second kappa shape index (κ2) is 45.0. The first-order valence-electron chi connectivity index (χ1n) is 39.4. The molecule has 0 aromatic heterocycles. The zero-order valence-electron chi connectivity index (χ0n) is 66.9. The number of carbonyl (C=O) groups excluding carboxylic acids is 13. The maximum atomic E-state index is 15.5. The minimum atomic E-state index is -1.68. The number of aliphatic hydroxyl groups excluding tert-OH is 1. The summed E-state index contributed by atoms with van der Waals surface area (Å²) in [5.41, 5.74) is 0. The summed E-state index contributed by atoms with van der Waals surface area (Å²) in [5.74, 6) is -9.68. The third-order valence-corrected chi connectivity index (χ3v) is 21.3. The molecule has 2 saturated heterocycles. The number of hydrogen-bond acceptors (Lipinski definition) is 15. The standard InChI is InChI=1S/C77H135N13O15/c1-18-20-35-89-45-66(94)83(13)62(42-54-30-24-21-25-31-54)71(98)81-58(47-105-48-64(92)78-12)74(101)86(16)61(41-52(9)10)72(99)82-68(53(11)91)77(104)90(34-19-2)46-67(95)84(14)63(43-55-32-26-22-27-33-55)76(103)87(17)60(40-51(7)8)70(97)79-56(38-49(3)4)73(100)85(15)59(39-50(5)6)69(96)80-57(44-65(89)93)75(102)88-36-28-23-29-37-88/h49-63,68,91H,18-48H2,1-17H3,(H,78,92)(H,79,97)(H,80,96)(H,81,98)(H,82,99)/t53-,56+,57+,58+,59+,60+,61+,62+,63+,68+/m1/s1. The van der Waals surface area contributed by atoms with Crippen LogP contribution >= 0.6 is 0 Å². The topological polar surface area (TPSA) is 337 Å². The minimum Gasteiger partial charge on any atom is -0.391 e. The maximum absolute atomic E-state index is 15.5. The number of aliphatic hydroxyl groups is 1. The van der Waals surface area contributed by atoms with E-state index in [0.717, 1.165) is 75.5 Å². The van der Waals surface area contributed by atoms with Crippen molar-refractivity contribution in [1.29, 1.82) is 0 Å². The van der Waals surface area contributed by atoms with Gasteiger partial charge in [-0.1, -0.05) is 140 Å². The molecular formula is C77H135N13O15. The Kier molecular flexibility index (Phi) is 38.7. The Hall–Kier alpha value is -6.97. The Bertz CT molecular complexity index is 2860. The van der Waals surface area contributed by atoms with Crippen LogP contribution in [0.4, 0.5) is 0 Å². The number of rotatable bonds is 23. The fourth-order valence-electron chi connectivity index (χ4n) is 15.0. The molecule has 2 saturated carbocycles. The van der Waals surface area contributed by atoms with Crippen molar-refractivity contribution in [2.45, 2.75) is 284 Å². The second-order valence-corrected chi connectivity index (χ2v) is 32.1. The molecule has 4 rings (SSSR count). The zero-order valence-corrected chi connectivity index (χ0v) is 66.9. The van der Waals surface area contributed by atoms with Crippen molar-refractivity contribution in [3.8, 4) is 0 Å². The minimum absolute atomic E-state index is 0.00202. The molecule has 0 spiro atoms. The Balaban J connectivity index is 2.01. The van der Waals surface area contributed by atoms with Crippen LogP contribution in [0.5, 0.6) is 0 Å². The van der Waals surface area contributed by atoms with Gasteiger partial charge >= 0.3 is 0 Å². The van der Waals surface area contributed by atoms with Gasteiger partial charge in [0.2, 0.25) is 76.8 Å². The summed E-state index contributed by atoms with van der Waals surface area (Å²) < 4.78 is 5.79. The molecule has 0 aromatic carbocycles. The summed E-state index contributed by atoms with van der Waals surface area (Å²) in [7, 11) is 8.64. The molecule has 598 valence electrons. The van der Waals surface area contributed by atoms with Crippen molar-refractivity contribution in [2.24, 2.45) is 35.5 Å². The first-order valence-corrected chi connectivity index (χ1v) is 39.4. The zero-order chi connectivity index (χ0) is 78.5. The van der Waals surface area contributed by atoms with Crippen LogP contribution in [0.25, 0.3) is 0 Å². The van der Waals surface area contributed by atoms with Gasteiger partial charge in [0.25, 0.3) is 0 Å². The molecule has 105 heavy (non-hydrogen) atoms. The second-order valence-electron chi connectivity index (χ2n) is 32.1. The van der Waals surface area contributed by atoms with E-state index in [2.05, 4.69) is 26.6 Å². The fraction of sp³-hybridized carbons (Fsp3) is 0.831. The Morgan fingerprint density at radius 3 is 1.38 bits per heavy atom. The molecule has 13 amide bonds. The fourth-order valence-corrected chi connectivity index (χ4v) is 15.0. The van der Waals surface area contributed by atoms with Gasteiger partial charge in [0.05, 0.1) is 32.2 Å². The molecule has 28 heteroatoms. The lowest BCUT2D eigenvalue weighted by atomic mass is 9.84. The van der Waals surface area contributed by atoms with Crippen molar-refractivity contribution in [1.82, 2.24) is 65.8 Å².